The molecular weight excluding hydrogens is 246 g/mol. The topological polar surface area (TPSA) is 90.5 Å². The lowest BCUT2D eigenvalue weighted by Gasteiger charge is -2.26. The number of aliphatic hydroxyl groups is 1. The highest BCUT2D eigenvalue weighted by Crippen LogP contribution is 2.13. The predicted octanol–water partition coefficient (Wildman–Crippen LogP) is -0.0649. The number of amides is 2. The van der Waals surface area contributed by atoms with Gasteiger partial charge in [0.2, 0.25) is 5.91 Å². The van der Waals surface area contributed by atoms with Crippen LogP contribution in [0.15, 0.2) is 24.3 Å². The van der Waals surface area contributed by atoms with E-state index in [2.05, 4.69) is 16.2 Å². The van der Waals surface area contributed by atoms with Crippen LogP contribution in [0.4, 0.5) is 5.69 Å². The van der Waals surface area contributed by atoms with Crippen molar-refractivity contribution in [2.24, 2.45) is 5.92 Å². The van der Waals surface area contributed by atoms with Crippen molar-refractivity contribution in [2.75, 3.05) is 12.0 Å². The second kappa shape index (κ2) is 5.71. The molecule has 102 valence electrons. The molecule has 6 heteroatoms. The van der Waals surface area contributed by atoms with Crippen LogP contribution in [-0.4, -0.2) is 29.6 Å². The number of hydrogen-bond donors (Lipinski definition) is 4. The molecular formula is C13H17N3O3. The van der Waals surface area contributed by atoms with Gasteiger partial charge in [-0.1, -0.05) is 17.7 Å². The Balaban J connectivity index is 1.93. The Bertz CT molecular complexity index is 473. The van der Waals surface area contributed by atoms with Crippen LogP contribution in [0.1, 0.15) is 12.0 Å². The number of anilines is 1. The van der Waals surface area contributed by atoms with E-state index in [1.165, 1.54) is 0 Å². The van der Waals surface area contributed by atoms with Crippen molar-refractivity contribution in [1.29, 1.82) is 0 Å². The number of aliphatic hydroxyl groups excluding tert-OH is 1. The van der Waals surface area contributed by atoms with Gasteiger partial charge in [-0.15, -0.1) is 0 Å². The Labute approximate surface area is 111 Å². The number of rotatable bonds is 3. The van der Waals surface area contributed by atoms with E-state index in [9.17, 15) is 14.7 Å². The SMILES string of the molecule is Cc1ccc(NNC(=O)C2C(=O)NCCC2O)cc1. The first kappa shape index (κ1) is 13.4. The molecule has 2 unspecified atom stereocenters. The average molecular weight is 263 g/mol. The van der Waals surface area contributed by atoms with Crippen LogP contribution in [-0.2, 0) is 9.59 Å². The first-order valence-corrected chi connectivity index (χ1v) is 6.16. The average Bonchev–Trinajstić information content (AvgIpc) is 2.38. The molecule has 4 N–H and O–H groups in total. The predicted molar refractivity (Wildman–Crippen MR) is 70.1 cm³/mol. The van der Waals surface area contributed by atoms with Crippen molar-refractivity contribution in [3.8, 4) is 0 Å². The number of hydrazine groups is 1. The summed E-state index contributed by atoms with van der Waals surface area (Å²) >= 11 is 0. The van der Waals surface area contributed by atoms with Crippen LogP contribution in [0, 0.1) is 12.8 Å². The molecule has 0 spiro atoms. The van der Waals surface area contributed by atoms with Crippen LogP contribution < -0.4 is 16.2 Å². The molecule has 1 heterocycles. The van der Waals surface area contributed by atoms with Crippen molar-refractivity contribution in [1.82, 2.24) is 10.7 Å². The summed E-state index contributed by atoms with van der Waals surface area (Å²) in [7, 11) is 0. The number of aryl methyl sites for hydroxylation is 1. The van der Waals surface area contributed by atoms with E-state index in [-0.39, 0.29) is 0 Å². The zero-order chi connectivity index (χ0) is 13.8. The quantitative estimate of drug-likeness (QED) is 0.454. The first-order valence-electron chi connectivity index (χ1n) is 6.16. The molecule has 2 atom stereocenters. The minimum absolute atomic E-state index is 0.383. The van der Waals surface area contributed by atoms with E-state index in [0.717, 1.165) is 5.56 Å². The number of piperidine rings is 1. The molecule has 2 rings (SSSR count). The number of nitrogens with one attached hydrogen (secondary N) is 3. The summed E-state index contributed by atoms with van der Waals surface area (Å²) in [5.74, 6) is -2.04. The monoisotopic (exact) mass is 263 g/mol. The number of carbonyl (C=O) groups excluding carboxylic acids is 2. The van der Waals surface area contributed by atoms with Crippen LogP contribution >= 0.6 is 0 Å². The van der Waals surface area contributed by atoms with E-state index in [1.54, 1.807) is 0 Å². The molecule has 19 heavy (non-hydrogen) atoms. The second-order valence-electron chi connectivity index (χ2n) is 4.60. The molecule has 1 aliphatic heterocycles. The second-order valence-corrected chi connectivity index (χ2v) is 4.60. The Morgan fingerprint density at radius 3 is 2.68 bits per heavy atom. The minimum atomic E-state index is -1.06. The third-order valence-electron chi connectivity index (χ3n) is 3.07. The molecule has 0 bridgehead atoms. The summed E-state index contributed by atoms with van der Waals surface area (Å²) in [4.78, 5) is 23.4. The van der Waals surface area contributed by atoms with Crippen LogP contribution in [0.25, 0.3) is 0 Å². The summed E-state index contributed by atoms with van der Waals surface area (Å²) in [5.41, 5.74) is 6.98. The lowest BCUT2D eigenvalue weighted by atomic mass is 9.95. The molecule has 1 saturated heterocycles. The number of carbonyl (C=O) groups is 2. The number of hydrogen-bond acceptors (Lipinski definition) is 4. The maximum absolute atomic E-state index is 11.9. The van der Waals surface area contributed by atoms with Gasteiger partial charge in [-0.25, -0.2) is 0 Å². The van der Waals surface area contributed by atoms with Gasteiger partial charge in [0.1, 0.15) is 5.92 Å². The first-order chi connectivity index (χ1) is 9.08. The van der Waals surface area contributed by atoms with Crippen LogP contribution in [0.3, 0.4) is 0 Å². The van der Waals surface area contributed by atoms with Gasteiger partial charge in [0.05, 0.1) is 11.8 Å². The van der Waals surface area contributed by atoms with Gasteiger partial charge >= 0.3 is 0 Å². The Morgan fingerprint density at radius 2 is 2.05 bits per heavy atom. The normalized spacial score (nSPS) is 22.5. The van der Waals surface area contributed by atoms with E-state index >= 15 is 0 Å². The number of benzene rings is 1. The highest BCUT2D eigenvalue weighted by molar-refractivity contribution is 6.01. The maximum Gasteiger partial charge on any atom is 0.253 e. The summed E-state index contributed by atoms with van der Waals surface area (Å²) in [6.07, 6.45) is -0.553. The summed E-state index contributed by atoms with van der Waals surface area (Å²) in [6, 6.07) is 7.42. The summed E-state index contributed by atoms with van der Waals surface area (Å²) in [5, 5.41) is 12.3. The zero-order valence-electron chi connectivity index (χ0n) is 10.6. The molecule has 1 fully saturated rings. The van der Waals surface area contributed by atoms with E-state index in [1.807, 2.05) is 31.2 Å². The van der Waals surface area contributed by atoms with Crippen LogP contribution in [0.5, 0.6) is 0 Å². The molecule has 2 amide bonds. The third-order valence-corrected chi connectivity index (χ3v) is 3.07. The van der Waals surface area contributed by atoms with Gasteiger partial charge in [-0.05, 0) is 25.5 Å². The van der Waals surface area contributed by atoms with Crippen molar-refractivity contribution in [3.63, 3.8) is 0 Å². The fourth-order valence-electron chi connectivity index (χ4n) is 1.94. The van der Waals surface area contributed by atoms with E-state index in [0.29, 0.717) is 18.7 Å². The highest BCUT2D eigenvalue weighted by Gasteiger charge is 2.36. The molecule has 1 aromatic carbocycles. The highest BCUT2D eigenvalue weighted by atomic mass is 16.3. The van der Waals surface area contributed by atoms with Crippen LogP contribution in [0.2, 0.25) is 0 Å². The lowest BCUT2D eigenvalue weighted by Crippen LogP contribution is -2.52. The largest absolute Gasteiger partial charge is 0.392 e. The van der Waals surface area contributed by atoms with Gasteiger partial charge in [0, 0.05) is 6.54 Å². The van der Waals surface area contributed by atoms with Gasteiger partial charge in [-0.2, -0.15) is 0 Å². The summed E-state index contributed by atoms with van der Waals surface area (Å²) < 4.78 is 0. The molecule has 1 aromatic rings. The third kappa shape index (κ3) is 3.23. The molecule has 6 nitrogen and oxygen atoms in total. The van der Waals surface area contributed by atoms with Crippen molar-refractivity contribution < 1.29 is 14.7 Å². The van der Waals surface area contributed by atoms with Gasteiger partial charge in [-0.3, -0.25) is 20.4 Å². The van der Waals surface area contributed by atoms with E-state index < -0.39 is 23.8 Å². The Kier molecular flexibility index (Phi) is 4.01. The van der Waals surface area contributed by atoms with Gasteiger partial charge < -0.3 is 10.4 Å². The van der Waals surface area contributed by atoms with Gasteiger partial charge in [0.15, 0.2) is 0 Å². The Morgan fingerprint density at radius 1 is 1.37 bits per heavy atom. The smallest absolute Gasteiger partial charge is 0.253 e. The molecule has 1 aliphatic rings. The fourth-order valence-corrected chi connectivity index (χ4v) is 1.94. The fraction of sp³-hybridized carbons (Fsp3) is 0.385. The lowest BCUT2D eigenvalue weighted by molar-refractivity contribution is -0.142. The summed E-state index contributed by atoms with van der Waals surface area (Å²) in [6.45, 7) is 2.36. The molecule has 0 aromatic heterocycles. The zero-order valence-corrected chi connectivity index (χ0v) is 10.6. The van der Waals surface area contributed by atoms with E-state index in [4.69, 9.17) is 0 Å². The van der Waals surface area contributed by atoms with Crippen molar-refractivity contribution in [3.05, 3.63) is 29.8 Å². The molecule has 0 radical (unpaired) electrons. The molecule has 0 saturated carbocycles. The van der Waals surface area contributed by atoms with Crippen molar-refractivity contribution in [2.45, 2.75) is 19.4 Å². The standard InChI is InChI=1S/C13H17N3O3/c1-8-2-4-9(5-3-8)15-16-13(19)11-10(17)6-7-14-12(11)18/h2-5,10-11,15,17H,6-7H2,1H3,(H,14,18)(H,16,19). The van der Waals surface area contributed by atoms with Crippen molar-refractivity contribution >= 4 is 17.5 Å². The van der Waals surface area contributed by atoms with Gasteiger partial charge in [0.25, 0.3) is 5.91 Å². The maximum atomic E-state index is 11.9. The minimum Gasteiger partial charge on any atom is -0.392 e. The molecule has 0 aliphatic carbocycles. The Hall–Kier alpha value is -2.08.